The zero-order valence-electron chi connectivity index (χ0n) is 19.6. The van der Waals surface area contributed by atoms with Gasteiger partial charge in [-0.25, -0.2) is 13.2 Å². The maximum absolute atomic E-state index is 12.8. The number of pyridine rings is 1. The molecule has 0 saturated carbocycles. The van der Waals surface area contributed by atoms with Crippen LogP contribution >= 0.6 is 0 Å². The fraction of sp³-hybridized carbons (Fsp3) is 0.300. The number of aryl methyl sites for hydroxylation is 2. The molecule has 37 heavy (non-hydrogen) atoms. The Morgan fingerprint density at radius 2 is 1.73 bits per heavy atom. The van der Waals surface area contributed by atoms with Crippen LogP contribution in [0, 0.1) is 13.8 Å². The molecule has 2 aromatic rings. The van der Waals surface area contributed by atoms with E-state index in [0.717, 1.165) is 0 Å². The van der Waals surface area contributed by atoms with Crippen molar-refractivity contribution in [1.29, 1.82) is 0 Å². The average Bonchev–Trinajstić information content (AvgIpc) is 2.78. The van der Waals surface area contributed by atoms with E-state index in [4.69, 9.17) is 26.2 Å². The maximum atomic E-state index is 12.8. The number of alkyl halides is 3. The molecule has 0 aliphatic heterocycles. The maximum Gasteiger partial charge on any atom is 0.490 e. The minimum atomic E-state index is -5.08. The number of benzene rings is 1. The number of carbonyl (C=O) groups is 2. The SMILES string of the molecule is Cc1ccccc1S(=O)(=O)Nc1ccc(C)n(CC(=O)NCCON=C(N)N)c1=O.O=C(O)C(F)(F)F. The van der Waals surface area contributed by atoms with Gasteiger partial charge in [0.15, 0.2) is 0 Å². The Hall–Kier alpha value is -4.28. The molecular weight excluding hydrogens is 525 g/mol. The first kappa shape index (κ1) is 30.8. The second kappa shape index (κ2) is 13.1. The van der Waals surface area contributed by atoms with Gasteiger partial charge in [-0.05, 0) is 42.8 Å². The Kier molecular flexibility index (Phi) is 10.9. The van der Waals surface area contributed by atoms with Crippen molar-refractivity contribution in [2.24, 2.45) is 16.6 Å². The van der Waals surface area contributed by atoms with Crippen LogP contribution in [0.15, 0.2) is 51.2 Å². The predicted octanol–water partition coefficient (Wildman–Crippen LogP) is 0.220. The predicted molar refractivity (Wildman–Crippen MR) is 126 cm³/mol. The molecule has 2 rings (SSSR count). The number of nitrogens with two attached hydrogens (primary N) is 2. The number of carbonyl (C=O) groups excluding carboxylic acids is 1. The number of amides is 1. The highest BCUT2D eigenvalue weighted by molar-refractivity contribution is 7.92. The highest BCUT2D eigenvalue weighted by Crippen LogP contribution is 2.17. The number of anilines is 1. The number of carboxylic acids is 1. The van der Waals surface area contributed by atoms with Gasteiger partial charge in [-0.1, -0.05) is 18.2 Å². The van der Waals surface area contributed by atoms with Crippen molar-refractivity contribution in [3.63, 3.8) is 0 Å². The van der Waals surface area contributed by atoms with Crippen LogP contribution in [0.5, 0.6) is 0 Å². The van der Waals surface area contributed by atoms with E-state index in [9.17, 15) is 31.2 Å². The number of rotatable bonds is 9. The zero-order chi connectivity index (χ0) is 28.4. The summed E-state index contributed by atoms with van der Waals surface area (Å²) in [5.41, 5.74) is 10.4. The number of aliphatic carboxylic acids is 1. The summed E-state index contributed by atoms with van der Waals surface area (Å²) < 4.78 is 60.5. The van der Waals surface area contributed by atoms with Gasteiger partial charge in [0.2, 0.25) is 11.9 Å². The summed E-state index contributed by atoms with van der Waals surface area (Å²) in [6, 6.07) is 9.33. The molecule has 0 atom stereocenters. The molecule has 0 unspecified atom stereocenters. The van der Waals surface area contributed by atoms with Gasteiger partial charge >= 0.3 is 12.1 Å². The minimum absolute atomic E-state index is 0.0355. The Morgan fingerprint density at radius 1 is 1.14 bits per heavy atom. The second-order valence-corrected chi connectivity index (χ2v) is 8.80. The highest BCUT2D eigenvalue weighted by Gasteiger charge is 2.38. The van der Waals surface area contributed by atoms with E-state index in [1.165, 1.54) is 16.7 Å². The molecule has 17 heteroatoms. The summed E-state index contributed by atoms with van der Waals surface area (Å²) in [5.74, 6) is -3.46. The van der Waals surface area contributed by atoms with Crippen molar-refractivity contribution in [3.8, 4) is 0 Å². The van der Waals surface area contributed by atoms with Crippen molar-refractivity contribution in [2.45, 2.75) is 31.5 Å². The third-order valence-corrected chi connectivity index (χ3v) is 5.78. The summed E-state index contributed by atoms with van der Waals surface area (Å²) >= 11 is 0. The number of sulfonamides is 1. The van der Waals surface area contributed by atoms with E-state index in [0.29, 0.717) is 11.3 Å². The first-order valence-corrected chi connectivity index (χ1v) is 11.6. The fourth-order valence-electron chi connectivity index (χ4n) is 2.56. The van der Waals surface area contributed by atoms with Crippen molar-refractivity contribution < 1.29 is 41.1 Å². The molecule has 0 aliphatic rings. The number of hydrogen-bond donors (Lipinski definition) is 5. The summed E-state index contributed by atoms with van der Waals surface area (Å²) in [6.07, 6.45) is -5.08. The molecule has 1 aromatic heterocycles. The van der Waals surface area contributed by atoms with E-state index in [-0.39, 0.29) is 36.2 Å². The smallest absolute Gasteiger partial charge is 0.475 e. The molecule has 1 aromatic carbocycles. The number of oxime groups is 1. The van der Waals surface area contributed by atoms with Gasteiger partial charge in [-0.15, -0.1) is 0 Å². The van der Waals surface area contributed by atoms with Gasteiger partial charge < -0.3 is 31.3 Å². The lowest BCUT2D eigenvalue weighted by atomic mass is 10.2. The number of halogens is 3. The molecule has 0 saturated heterocycles. The normalized spacial score (nSPS) is 10.9. The first-order chi connectivity index (χ1) is 17.1. The molecule has 13 nitrogen and oxygen atoms in total. The number of carboxylic acid groups (broad SMARTS) is 1. The van der Waals surface area contributed by atoms with Crippen LogP contribution < -0.4 is 27.1 Å². The number of nitrogens with zero attached hydrogens (tertiary/aromatic N) is 2. The van der Waals surface area contributed by atoms with Crippen LogP contribution in [0.1, 0.15) is 11.3 Å². The van der Waals surface area contributed by atoms with Gasteiger partial charge in [0.1, 0.15) is 18.8 Å². The van der Waals surface area contributed by atoms with E-state index in [1.54, 1.807) is 38.1 Å². The van der Waals surface area contributed by atoms with E-state index < -0.39 is 33.6 Å². The Labute approximate surface area is 208 Å². The van der Waals surface area contributed by atoms with Crippen molar-refractivity contribution in [3.05, 3.63) is 58.0 Å². The molecule has 1 amide bonds. The summed E-state index contributed by atoms with van der Waals surface area (Å²) in [7, 11) is -3.97. The average molecular weight is 551 g/mol. The van der Waals surface area contributed by atoms with E-state index in [2.05, 4.69) is 15.2 Å². The lowest BCUT2D eigenvalue weighted by molar-refractivity contribution is -0.192. The molecule has 0 spiro atoms. The van der Waals surface area contributed by atoms with E-state index in [1.807, 2.05) is 0 Å². The summed E-state index contributed by atoms with van der Waals surface area (Å²) in [6.45, 7) is 3.14. The molecule has 0 aliphatic carbocycles. The van der Waals surface area contributed by atoms with Crippen LogP contribution in [-0.2, 0) is 31.0 Å². The van der Waals surface area contributed by atoms with Gasteiger partial charge in [0.05, 0.1) is 11.4 Å². The fourth-order valence-corrected chi connectivity index (χ4v) is 3.86. The Bertz CT molecular complexity index is 1310. The lowest BCUT2D eigenvalue weighted by Crippen LogP contribution is -2.36. The molecule has 7 N–H and O–H groups in total. The standard InChI is InChI=1S/C18H24N6O5S.C2HF3O2/c1-12-5-3-4-6-15(12)30(27,28)23-14-8-7-13(2)24(17(14)26)11-16(25)21-9-10-29-22-18(19)20;3-2(4,5)1(6)7/h3-8,23H,9-11H2,1-2H3,(H,21,25)(H4,19,20,22);(H,6,7). The number of guanidine groups is 1. The van der Waals surface area contributed by atoms with Gasteiger partial charge in [-0.2, -0.15) is 13.2 Å². The zero-order valence-corrected chi connectivity index (χ0v) is 20.4. The Morgan fingerprint density at radius 3 is 2.27 bits per heavy atom. The van der Waals surface area contributed by atoms with Gasteiger partial charge in [-0.3, -0.25) is 14.3 Å². The van der Waals surface area contributed by atoms with Crippen molar-refractivity contribution >= 4 is 33.5 Å². The first-order valence-electron chi connectivity index (χ1n) is 10.1. The highest BCUT2D eigenvalue weighted by atomic mass is 32.2. The largest absolute Gasteiger partial charge is 0.490 e. The monoisotopic (exact) mass is 550 g/mol. The molecule has 204 valence electrons. The molecular formula is C20H25F3N6O7S. The van der Waals surface area contributed by atoms with Gasteiger partial charge in [0, 0.05) is 5.69 Å². The van der Waals surface area contributed by atoms with Crippen LogP contribution in [-0.4, -0.2) is 55.3 Å². The second-order valence-electron chi connectivity index (χ2n) is 7.15. The topological polar surface area (TPSA) is 208 Å². The molecule has 0 bridgehead atoms. The van der Waals surface area contributed by atoms with Crippen LogP contribution in [0.2, 0.25) is 0 Å². The Balaban J connectivity index is 0.000000856. The molecule has 1 heterocycles. The van der Waals surface area contributed by atoms with Crippen LogP contribution in [0.25, 0.3) is 0 Å². The summed E-state index contributed by atoms with van der Waals surface area (Å²) in [4.78, 5) is 38.6. The van der Waals surface area contributed by atoms with Crippen molar-refractivity contribution in [1.82, 2.24) is 9.88 Å². The van der Waals surface area contributed by atoms with E-state index >= 15 is 0 Å². The molecule has 0 fully saturated rings. The van der Waals surface area contributed by atoms with Crippen LogP contribution in [0.4, 0.5) is 18.9 Å². The number of hydrogen-bond acceptors (Lipinski definition) is 7. The summed E-state index contributed by atoms with van der Waals surface area (Å²) in [5, 5.41) is 13.0. The number of nitrogens with one attached hydrogen (secondary N) is 2. The lowest BCUT2D eigenvalue weighted by Gasteiger charge is -2.14. The number of aromatic nitrogens is 1. The third kappa shape index (κ3) is 10.1. The minimum Gasteiger partial charge on any atom is -0.475 e. The third-order valence-electron chi connectivity index (χ3n) is 4.25. The van der Waals surface area contributed by atoms with Gasteiger partial charge in [0.25, 0.3) is 15.6 Å². The quantitative estimate of drug-likeness (QED) is 0.125. The van der Waals surface area contributed by atoms with Crippen molar-refractivity contribution in [2.75, 3.05) is 17.9 Å². The molecule has 0 radical (unpaired) electrons. The van der Waals surface area contributed by atoms with Crippen LogP contribution in [0.3, 0.4) is 0 Å².